The van der Waals surface area contributed by atoms with Gasteiger partial charge in [-0.05, 0) is 17.7 Å². The largest absolute Gasteiger partial charge is 0.333 e. The van der Waals surface area contributed by atoms with Gasteiger partial charge in [-0.15, -0.1) is 10.1 Å². The number of hydrogen-bond donors (Lipinski definition) is 0. The summed E-state index contributed by atoms with van der Waals surface area (Å²) in [5.41, 5.74) is 2.06. The van der Waals surface area contributed by atoms with Crippen LogP contribution in [0.2, 0.25) is 5.02 Å². The van der Waals surface area contributed by atoms with Crippen molar-refractivity contribution >= 4 is 22.9 Å². The number of rotatable bonds is 6. The summed E-state index contributed by atoms with van der Waals surface area (Å²) in [4.78, 5) is 20.1. The normalized spacial score (nSPS) is 11.7. The number of aromatic nitrogens is 2. The van der Waals surface area contributed by atoms with Gasteiger partial charge in [-0.1, -0.05) is 54.1 Å². The minimum absolute atomic E-state index is 0.168. The molecule has 2 aromatic carbocycles. The van der Waals surface area contributed by atoms with Crippen LogP contribution in [0, 0.1) is 10.1 Å². The zero-order valence-electron chi connectivity index (χ0n) is 13.1. The zero-order valence-corrected chi connectivity index (χ0v) is 13.8. The molecule has 0 N–H and O–H groups in total. The summed E-state index contributed by atoms with van der Waals surface area (Å²) < 4.78 is 1.82. The lowest BCUT2D eigenvalue weighted by Gasteiger charge is -2.15. The predicted molar refractivity (Wildman–Crippen MR) is 95.0 cm³/mol. The van der Waals surface area contributed by atoms with Crippen molar-refractivity contribution in [1.29, 1.82) is 0 Å². The van der Waals surface area contributed by atoms with E-state index in [0.29, 0.717) is 22.7 Å². The van der Waals surface area contributed by atoms with Crippen molar-refractivity contribution < 1.29 is 9.92 Å². The first kappa shape index (κ1) is 16.7. The third-order valence-electron chi connectivity index (χ3n) is 3.57. The van der Waals surface area contributed by atoms with Crippen LogP contribution in [0.15, 0.2) is 73.3 Å². The molecule has 0 saturated heterocycles. The Balaban J connectivity index is 2.17. The molecular formula is C18H14ClN3O3. The van der Waals surface area contributed by atoms with E-state index in [9.17, 15) is 10.1 Å². The van der Waals surface area contributed by atoms with Crippen LogP contribution in [0.1, 0.15) is 11.1 Å². The maximum Gasteiger partial charge on any atom is 0.299 e. The number of hydrogen-bond acceptors (Lipinski definition) is 4. The lowest BCUT2D eigenvalue weighted by atomic mass is 10.0. The molecule has 0 amide bonds. The van der Waals surface area contributed by atoms with E-state index < -0.39 is 5.09 Å². The Morgan fingerprint density at radius 3 is 2.44 bits per heavy atom. The standard InChI is InChI=1S/C18H14ClN3O3/c19-16-8-6-15(7-9-16)18(25-22(23)24)17(12-21-11-10-20-13-21)14-4-2-1-3-5-14/h1-11,13H,12H2/b18-17-. The van der Waals surface area contributed by atoms with Crippen molar-refractivity contribution in [3.05, 3.63) is 99.6 Å². The molecule has 1 aromatic heterocycles. The van der Waals surface area contributed by atoms with Crippen LogP contribution in [-0.2, 0) is 11.4 Å². The van der Waals surface area contributed by atoms with E-state index in [2.05, 4.69) is 4.98 Å². The molecule has 0 fully saturated rings. The molecule has 0 unspecified atom stereocenters. The van der Waals surface area contributed by atoms with Gasteiger partial charge in [0.1, 0.15) is 5.76 Å². The fourth-order valence-corrected chi connectivity index (χ4v) is 2.58. The second-order valence-corrected chi connectivity index (χ2v) is 5.67. The Labute approximate surface area is 149 Å². The highest BCUT2D eigenvalue weighted by Crippen LogP contribution is 2.29. The first-order chi connectivity index (χ1) is 12.1. The predicted octanol–water partition coefficient (Wildman–Crippen LogP) is 4.31. The van der Waals surface area contributed by atoms with E-state index in [1.54, 1.807) is 43.0 Å². The molecule has 0 atom stereocenters. The Morgan fingerprint density at radius 2 is 1.84 bits per heavy atom. The molecule has 0 aliphatic carbocycles. The second-order valence-electron chi connectivity index (χ2n) is 5.23. The Hall–Kier alpha value is -3.12. The highest BCUT2D eigenvalue weighted by Gasteiger charge is 2.16. The third kappa shape index (κ3) is 4.24. The van der Waals surface area contributed by atoms with Crippen LogP contribution >= 0.6 is 11.6 Å². The zero-order chi connectivity index (χ0) is 17.6. The molecule has 0 spiro atoms. The van der Waals surface area contributed by atoms with Gasteiger partial charge in [-0.3, -0.25) is 4.84 Å². The maximum atomic E-state index is 11.1. The quantitative estimate of drug-likeness (QED) is 0.286. The van der Waals surface area contributed by atoms with Gasteiger partial charge in [0.05, 0.1) is 12.9 Å². The summed E-state index contributed by atoms with van der Waals surface area (Å²) in [6, 6.07) is 16.1. The minimum Gasteiger partial charge on any atom is -0.333 e. The van der Waals surface area contributed by atoms with Crippen molar-refractivity contribution in [2.75, 3.05) is 0 Å². The summed E-state index contributed by atoms with van der Waals surface area (Å²) >= 11 is 5.93. The number of nitrogens with zero attached hydrogens (tertiary/aromatic N) is 3. The average Bonchev–Trinajstić information content (AvgIpc) is 3.12. The average molecular weight is 356 g/mol. The SMILES string of the molecule is O=[N+]([O-])O/C(=C(/Cn1ccnc1)c1ccccc1)c1ccc(Cl)cc1. The molecule has 7 heteroatoms. The highest BCUT2D eigenvalue weighted by atomic mass is 35.5. The fourth-order valence-electron chi connectivity index (χ4n) is 2.45. The summed E-state index contributed by atoms with van der Waals surface area (Å²) in [6.07, 6.45) is 5.09. The summed E-state index contributed by atoms with van der Waals surface area (Å²) in [6.45, 7) is 0.371. The van der Waals surface area contributed by atoms with E-state index >= 15 is 0 Å². The van der Waals surface area contributed by atoms with Gasteiger partial charge in [-0.2, -0.15) is 0 Å². The molecule has 0 aliphatic heterocycles. The summed E-state index contributed by atoms with van der Waals surface area (Å²) in [5, 5.41) is 10.8. The lowest BCUT2D eigenvalue weighted by molar-refractivity contribution is -0.730. The van der Waals surface area contributed by atoms with E-state index in [1.807, 2.05) is 34.9 Å². The van der Waals surface area contributed by atoms with Gasteiger partial charge in [0.2, 0.25) is 0 Å². The van der Waals surface area contributed by atoms with Crippen LogP contribution < -0.4 is 0 Å². The molecule has 126 valence electrons. The molecule has 3 aromatic rings. The van der Waals surface area contributed by atoms with Crippen LogP contribution in [0.25, 0.3) is 11.3 Å². The van der Waals surface area contributed by atoms with Gasteiger partial charge < -0.3 is 4.57 Å². The van der Waals surface area contributed by atoms with Gasteiger partial charge in [0, 0.05) is 28.6 Å². The number of allylic oxidation sites excluding steroid dienone is 1. The molecule has 25 heavy (non-hydrogen) atoms. The summed E-state index contributed by atoms with van der Waals surface area (Å²) in [7, 11) is 0. The van der Waals surface area contributed by atoms with Crippen molar-refractivity contribution in [3.8, 4) is 0 Å². The minimum atomic E-state index is -0.805. The van der Waals surface area contributed by atoms with Gasteiger partial charge in [-0.25, -0.2) is 4.98 Å². The van der Waals surface area contributed by atoms with Crippen molar-refractivity contribution in [3.63, 3.8) is 0 Å². The van der Waals surface area contributed by atoms with Crippen LogP contribution in [-0.4, -0.2) is 14.6 Å². The number of imidazole rings is 1. The van der Waals surface area contributed by atoms with Gasteiger partial charge >= 0.3 is 0 Å². The number of halogens is 1. The Bertz CT molecular complexity index is 876. The van der Waals surface area contributed by atoms with Crippen LogP contribution in [0.3, 0.4) is 0 Å². The monoisotopic (exact) mass is 355 g/mol. The number of benzene rings is 2. The summed E-state index contributed by atoms with van der Waals surface area (Å²) in [5.74, 6) is 0.168. The van der Waals surface area contributed by atoms with Gasteiger partial charge in [0.15, 0.2) is 0 Å². The first-order valence-electron chi connectivity index (χ1n) is 7.46. The van der Waals surface area contributed by atoms with Crippen molar-refractivity contribution in [2.24, 2.45) is 0 Å². The molecule has 0 radical (unpaired) electrons. The second kappa shape index (κ2) is 7.63. The molecule has 0 saturated carbocycles. The molecule has 0 bridgehead atoms. The fraction of sp³-hybridized carbons (Fsp3) is 0.0556. The van der Waals surface area contributed by atoms with E-state index in [1.165, 1.54) is 0 Å². The van der Waals surface area contributed by atoms with Crippen molar-refractivity contribution in [2.45, 2.75) is 6.54 Å². The third-order valence-corrected chi connectivity index (χ3v) is 3.82. The lowest BCUT2D eigenvalue weighted by Crippen LogP contribution is -2.07. The molecule has 0 aliphatic rings. The Kier molecular flexibility index (Phi) is 5.11. The van der Waals surface area contributed by atoms with Crippen LogP contribution in [0.5, 0.6) is 0 Å². The van der Waals surface area contributed by atoms with E-state index in [4.69, 9.17) is 16.4 Å². The maximum absolute atomic E-state index is 11.1. The van der Waals surface area contributed by atoms with E-state index in [0.717, 1.165) is 5.56 Å². The highest BCUT2D eigenvalue weighted by molar-refractivity contribution is 6.30. The molecule has 3 rings (SSSR count). The Morgan fingerprint density at radius 1 is 1.12 bits per heavy atom. The molecular weight excluding hydrogens is 342 g/mol. The topological polar surface area (TPSA) is 70.2 Å². The molecule has 1 heterocycles. The molecule has 6 nitrogen and oxygen atoms in total. The smallest absolute Gasteiger partial charge is 0.299 e. The van der Waals surface area contributed by atoms with Crippen molar-refractivity contribution in [1.82, 2.24) is 9.55 Å². The first-order valence-corrected chi connectivity index (χ1v) is 7.84. The van der Waals surface area contributed by atoms with Crippen LogP contribution in [0.4, 0.5) is 0 Å². The van der Waals surface area contributed by atoms with E-state index in [-0.39, 0.29) is 5.76 Å². The van der Waals surface area contributed by atoms with Gasteiger partial charge in [0.25, 0.3) is 5.09 Å².